The number of carbonyl (C=O) groups is 4. The van der Waals surface area contributed by atoms with Crippen LogP contribution < -0.4 is 26.8 Å². The van der Waals surface area contributed by atoms with Crippen molar-refractivity contribution in [2.75, 3.05) is 56.0 Å². The number of carboxylic acid groups (broad SMARTS) is 1. The zero-order chi connectivity index (χ0) is 35.3. The van der Waals surface area contributed by atoms with Gasteiger partial charge in [-0.05, 0) is 31.1 Å². The fourth-order valence-electron chi connectivity index (χ4n) is 6.28. The van der Waals surface area contributed by atoms with Gasteiger partial charge in [0.25, 0.3) is 17.4 Å². The molecule has 0 bridgehead atoms. The summed E-state index contributed by atoms with van der Waals surface area (Å²) in [6, 6.07) is 2.97. The van der Waals surface area contributed by atoms with Gasteiger partial charge in [-0.15, -0.1) is 11.3 Å². The van der Waals surface area contributed by atoms with Crippen LogP contribution in [0.3, 0.4) is 0 Å². The van der Waals surface area contributed by atoms with Crippen molar-refractivity contribution in [1.82, 2.24) is 19.7 Å². The minimum Gasteiger partial charge on any atom is -0.478 e. The number of carboxylic acids is 1. The zero-order valence-corrected chi connectivity index (χ0v) is 28.8. The largest absolute Gasteiger partial charge is 0.478 e. The molecule has 5 rings (SSSR count). The maximum Gasteiger partial charge on any atom is 0.407 e. The molecule has 0 unspecified atom stereocenters. The Balaban J connectivity index is 1.33. The van der Waals surface area contributed by atoms with E-state index in [1.165, 1.54) is 40.1 Å². The van der Waals surface area contributed by atoms with Crippen LogP contribution in [0.1, 0.15) is 68.1 Å². The summed E-state index contributed by atoms with van der Waals surface area (Å²) in [5.74, 6) is -1.80. The second kappa shape index (κ2) is 14.7. The van der Waals surface area contributed by atoms with Gasteiger partial charge in [0.1, 0.15) is 17.6 Å². The Kier molecular flexibility index (Phi) is 10.7. The molecule has 16 heteroatoms. The summed E-state index contributed by atoms with van der Waals surface area (Å²) >= 11 is 1.32. The molecule has 0 aliphatic carbocycles. The Bertz CT molecular complexity index is 1820. The number of alkyl carbamates (subject to hydrolysis) is 1. The molecule has 3 aromatic heterocycles. The average Bonchev–Trinajstić information content (AvgIpc) is 3.70. The second-order valence-electron chi connectivity index (χ2n) is 13.6. The fourth-order valence-corrected chi connectivity index (χ4v) is 7.21. The number of quaternary nitrogens is 1. The lowest BCUT2D eigenvalue weighted by Crippen LogP contribution is -2.54. The molecule has 2 saturated heterocycles. The number of amides is 3. The molecule has 262 valence electrons. The highest BCUT2D eigenvalue weighted by atomic mass is 32.1. The number of piperidine rings is 1. The number of aromatic nitrogens is 3. The Morgan fingerprint density at radius 3 is 2.61 bits per heavy atom. The van der Waals surface area contributed by atoms with Crippen LogP contribution in [-0.4, -0.2) is 99.8 Å². The first-order valence-corrected chi connectivity index (χ1v) is 17.2. The minimum absolute atomic E-state index is 0.0498. The lowest BCUT2D eigenvalue weighted by molar-refractivity contribution is -0.907. The molecule has 0 radical (unpaired) electrons. The number of hydrogen-bond acceptors (Lipinski definition) is 10. The van der Waals surface area contributed by atoms with Gasteiger partial charge >= 0.3 is 12.1 Å². The van der Waals surface area contributed by atoms with Crippen molar-refractivity contribution in [3.8, 4) is 0 Å². The number of aliphatic carboxylic acids is 1. The summed E-state index contributed by atoms with van der Waals surface area (Å²) in [4.78, 5) is 73.7. The van der Waals surface area contributed by atoms with E-state index in [1.54, 1.807) is 4.90 Å². The van der Waals surface area contributed by atoms with Crippen LogP contribution in [0.2, 0.25) is 0 Å². The van der Waals surface area contributed by atoms with Crippen molar-refractivity contribution in [2.24, 2.45) is 5.73 Å². The van der Waals surface area contributed by atoms with Gasteiger partial charge in [-0.3, -0.25) is 24.1 Å². The monoisotopic (exact) mass is 695 g/mol. The molecule has 15 nitrogen and oxygen atoms in total. The number of nitrogens with zero attached hydrogens (tertiary/aromatic N) is 5. The third kappa shape index (κ3) is 8.80. The molecule has 3 amide bonds. The van der Waals surface area contributed by atoms with Gasteiger partial charge in [0.05, 0.1) is 44.0 Å². The van der Waals surface area contributed by atoms with Crippen LogP contribution in [0.4, 0.5) is 15.7 Å². The number of pyridine rings is 1. The van der Waals surface area contributed by atoms with Crippen LogP contribution in [-0.2, 0) is 19.7 Å². The van der Waals surface area contributed by atoms with Gasteiger partial charge in [0, 0.05) is 48.0 Å². The number of fused-ring (bicyclic) bond motifs is 1. The van der Waals surface area contributed by atoms with Crippen molar-refractivity contribution < 1.29 is 33.5 Å². The van der Waals surface area contributed by atoms with Gasteiger partial charge in [-0.25, -0.2) is 19.6 Å². The van der Waals surface area contributed by atoms with Gasteiger partial charge in [0.2, 0.25) is 0 Å². The second-order valence-corrected chi connectivity index (χ2v) is 14.5. The van der Waals surface area contributed by atoms with Crippen molar-refractivity contribution in [1.29, 1.82) is 0 Å². The average molecular weight is 696 g/mol. The Hall–Kier alpha value is -4.83. The normalized spacial score (nSPS) is 17.7. The first-order chi connectivity index (χ1) is 23.2. The van der Waals surface area contributed by atoms with Crippen molar-refractivity contribution >= 4 is 57.9 Å². The number of likely N-dealkylation sites (tertiary alicyclic amines) is 1. The Labute approximate surface area is 287 Å². The van der Waals surface area contributed by atoms with Crippen molar-refractivity contribution in [3.05, 3.63) is 57.0 Å². The summed E-state index contributed by atoms with van der Waals surface area (Å²) in [6.45, 7) is 9.60. The van der Waals surface area contributed by atoms with Gasteiger partial charge in [-0.1, -0.05) is 20.8 Å². The molecule has 0 aromatic carbocycles. The molecule has 2 aliphatic rings. The summed E-state index contributed by atoms with van der Waals surface area (Å²) in [6.07, 6.45) is 5.59. The van der Waals surface area contributed by atoms with Crippen LogP contribution in [0.25, 0.3) is 11.7 Å². The van der Waals surface area contributed by atoms with Crippen LogP contribution in [0, 0.1) is 0 Å². The van der Waals surface area contributed by atoms with Crippen LogP contribution in [0.15, 0.2) is 34.6 Å². The summed E-state index contributed by atoms with van der Waals surface area (Å²) in [5.41, 5.74) is 6.11. The molecule has 2 fully saturated rings. The fraction of sp³-hybridized carbons (Fsp3) is 0.485. The number of rotatable bonds is 11. The van der Waals surface area contributed by atoms with E-state index < -0.39 is 29.6 Å². The molecular formula is C33H43N8O7S+. The van der Waals surface area contributed by atoms with E-state index in [2.05, 4.69) is 15.6 Å². The maximum absolute atomic E-state index is 13.7. The maximum atomic E-state index is 13.7. The predicted octanol–water partition coefficient (Wildman–Crippen LogP) is 2.59. The highest BCUT2D eigenvalue weighted by molar-refractivity contribution is 7.14. The number of nitrogens with two attached hydrogens (primary N) is 1. The van der Waals surface area contributed by atoms with Gasteiger partial charge in [0.15, 0.2) is 11.7 Å². The van der Waals surface area contributed by atoms with Crippen molar-refractivity contribution in [3.63, 3.8) is 0 Å². The Morgan fingerprint density at radius 1 is 1.18 bits per heavy atom. The zero-order valence-electron chi connectivity index (χ0n) is 27.9. The number of anilines is 2. The quantitative estimate of drug-likeness (QED) is 0.171. The number of ether oxygens (including phenoxy) is 1. The SMILES string of the molecule is CC(C)(C)c1csc(NC(=O)c2ccn3c(=O)c(C=CC(=O)O)c(N4CCC[C@@H](OC(=O)NCC[N+]5(CC(N)=O)CCCC5)C4)nc3c2)n1. The van der Waals surface area contributed by atoms with Crippen molar-refractivity contribution in [2.45, 2.75) is 58.0 Å². The topological polar surface area (TPSA) is 198 Å². The number of nitrogens with one attached hydrogen (secondary N) is 2. The smallest absolute Gasteiger partial charge is 0.407 e. The lowest BCUT2D eigenvalue weighted by Gasteiger charge is -2.34. The number of carbonyl (C=O) groups excluding carboxylic acids is 3. The molecule has 2 aliphatic heterocycles. The lowest BCUT2D eigenvalue weighted by atomic mass is 9.93. The molecule has 5 N–H and O–H groups in total. The number of hydrogen-bond donors (Lipinski definition) is 4. The van der Waals surface area contributed by atoms with E-state index >= 15 is 0 Å². The predicted molar refractivity (Wildman–Crippen MR) is 185 cm³/mol. The molecule has 49 heavy (non-hydrogen) atoms. The minimum atomic E-state index is -1.23. The van der Waals surface area contributed by atoms with E-state index in [0.717, 1.165) is 37.7 Å². The third-order valence-corrected chi connectivity index (χ3v) is 9.56. The third-order valence-electron chi connectivity index (χ3n) is 8.81. The summed E-state index contributed by atoms with van der Waals surface area (Å²) in [7, 11) is 0. The van der Waals surface area contributed by atoms with E-state index in [1.807, 2.05) is 26.2 Å². The molecular weight excluding hydrogens is 652 g/mol. The molecule has 1 atom stereocenters. The first kappa shape index (κ1) is 35.5. The highest BCUT2D eigenvalue weighted by Crippen LogP contribution is 2.27. The van der Waals surface area contributed by atoms with Crippen LogP contribution in [0.5, 0.6) is 0 Å². The van der Waals surface area contributed by atoms with Gasteiger partial charge < -0.3 is 30.3 Å². The molecule has 0 spiro atoms. The van der Waals surface area contributed by atoms with E-state index in [0.29, 0.717) is 42.1 Å². The molecule has 0 saturated carbocycles. The number of primary amides is 1. The van der Waals surface area contributed by atoms with E-state index in [9.17, 15) is 29.1 Å². The summed E-state index contributed by atoms with van der Waals surface area (Å²) in [5, 5.41) is 17.3. The van der Waals surface area contributed by atoms with Crippen LogP contribution >= 0.6 is 11.3 Å². The first-order valence-electron chi connectivity index (χ1n) is 16.3. The highest BCUT2D eigenvalue weighted by Gasteiger charge is 2.34. The molecule has 3 aromatic rings. The number of thiazole rings is 1. The Morgan fingerprint density at radius 2 is 1.94 bits per heavy atom. The standard InChI is InChI=1S/C33H42N8O7S/c1-33(2,3)24-20-49-31(36-24)38-29(45)21-10-13-40-26(17-21)37-28(23(30(40)46)8-9-27(43)44)39-12-6-7-22(18-39)48-32(47)35-11-16-41(19-25(34)42)14-4-5-15-41/h8-10,13,17,20,22H,4-7,11-12,14-16,18-19H2,1-3H3,(H4-,34,35,36,38,42,43,44,45,47)/p+1/t22-/m1/s1. The summed E-state index contributed by atoms with van der Waals surface area (Å²) < 4.78 is 7.54. The van der Waals surface area contributed by atoms with Gasteiger partial charge in [-0.2, -0.15) is 0 Å². The van der Waals surface area contributed by atoms with E-state index in [4.69, 9.17) is 15.5 Å². The molecule has 5 heterocycles. The van der Waals surface area contributed by atoms with E-state index in [-0.39, 0.29) is 47.0 Å².